The Morgan fingerprint density at radius 3 is 1.32 bits per heavy atom. The number of amides is 1. The first kappa shape index (κ1) is 30.9. The highest BCUT2D eigenvalue weighted by molar-refractivity contribution is 8.00. The Morgan fingerprint density at radius 2 is 1.00 bits per heavy atom. The topological polar surface area (TPSA) is 148 Å². The first-order valence-electron chi connectivity index (χ1n) is 11.6. The molecule has 1 N–H and O–H groups in total. The predicted molar refractivity (Wildman–Crippen MR) is 144 cm³/mol. The van der Waals surface area contributed by atoms with Crippen molar-refractivity contribution < 1.29 is 43.2 Å². The molecule has 40 heavy (non-hydrogen) atoms. The molecular formula is C29H24Cl2NO7P. The molecule has 4 aromatic rings. The minimum Gasteiger partial charge on any atom is -0.464 e. The van der Waals surface area contributed by atoms with Gasteiger partial charge in [-0.3, -0.25) is 4.79 Å². The van der Waals surface area contributed by atoms with Crippen LogP contribution < -0.4 is 39.9 Å². The van der Waals surface area contributed by atoms with Gasteiger partial charge in [-0.2, -0.15) is 0 Å². The Hall–Kier alpha value is -3.59. The minimum absolute atomic E-state index is 0.0760. The maximum Gasteiger partial charge on any atom is 0.359 e. The summed E-state index contributed by atoms with van der Waals surface area (Å²) in [4.78, 5) is 26.2. The van der Waals surface area contributed by atoms with E-state index in [1.165, 1.54) is 7.11 Å². The van der Waals surface area contributed by atoms with Crippen LogP contribution in [0.2, 0.25) is 0 Å². The number of ether oxygens (including phenoxy) is 1. The summed E-state index contributed by atoms with van der Waals surface area (Å²) >= 11 is 7.29. The summed E-state index contributed by atoms with van der Waals surface area (Å²) in [6.07, 6.45) is 0. The number of carbonyl (C=O) groups is 2. The Kier molecular flexibility index (Phi) is 11.0. The molecule has 4 aromatic carbocycles. The molecule has 11 heteroatoms. The molecule has 206 valence electrons. The van der Waals surface area contributed by atoms with E-state index >= 15 is 0 Å². The summed E-state index contributed by atoms with van der Waals surface area (Å²) in [6.45, 7) is 0. The Balaban J connectivity index is 0.000000810. The molecule has 0 aliphatic carbocycles. The van der Waals surface area contributed by atoms with Gasteiger partial charge in [0.1, 0.15) is 15.9 Å². The fourth-order valence-electron chi connectivity index (χ4n) is 3.97. The number of hydrogen-bond acceptors (Lipinski definition) is 7. The Morgan fingerprint density at radius 1 is 0.675 bits per heavy atom. The largest absolute Gasteiger partial charge is 0.464 e. The van der Waals surface area contributed by atoms with Crippen LogP contribution in [0.1, 0.15) is 10.4 Å². The Labute approximate surface area is 239 Å². The van der Waals surface area contributed by atoms with Gasteiger partial charge in [-0.05, 0) is 60.1 Å². The molecule has 0 unspecified atom stereocenters. The van der Waals surface area contributed by atoms with E-state index in [0.29, 0.717) is 5.56 Å². The fraction of sp³-hybridized carbons (Fsp3) is 0.0345. The molecule has 0 bridgehead atoms. The highest BCUT2D eigenvalue weighted by Gasteiger charge is 2.52. The summed E-state index contributed by atoms with van der Waals surface area (Å²) in [5.41, 5.74) is 0.328. The van der Waals surface area contributed by atoms with Crippen molar-refractivity contribution in [1.82, 2.24) is 5.32 Å². The van der Waals surface area contributed by atoms with Crippen LogP contribution in [0.25, 0.3) is 0 Å². The standard InChI is InChI=1S/C29H23ClNO3P.ClHO4/c1-34-29(33)26(31-28(32)22-14-6-2-7-15-22)27(30)35(23-16-8-3-9-17-23,24-18-10-4-11-19-24)25-20-12-5-13-21-25;2-1(3,4)5/h2-21H,1H3;(H,2,3,4,5)/b27-26+;. The molecule has 1 amide bonds. The van der Waals surface area contributed by atoms with Gasteiger partial charge in [0, 0.05) is 5.56 Å². The van der Waals surface area contributed by atoms with Crippen molar-refractivity contribution in [2.24, 2.45) is 0 Å². The highest BCUT2D eigenvalue weighted by atomic mass is 35.7. The molecule has 0 atom stereocenters. The third kappa shape index (κ3) is 7.75. The number of benzene rings is 4. The van der Waals surface area contributed by atoms with Crippen molar-refractivity contribution in [2.45, 2.75) is 0 Å². The predicted octanol–water partition coefficient (Wildman–Crippen LogP) is 0.235. The maximum atomic E-state index is 13.1. The van der Waals surface area contributed by atoms with Gasteiger partial charge in [0.2, 0.25) is 4.77 Å². The fourth-order valence-corrected chi connectivity index (χ4v) is 8.89. The summed E-state index contributed by atoms with van der Waals surface area (Å²) < 4.78 is 39.3. The zero-order valence-electron chi connectivity index (χ0n) is 21.1. The minimum atomic E-state index is -4.94. The molecule has 0 fully saturated rings. The van der Waals surface area contributed by atoms with Crippen molar-refractivity contribution in [3.05, 3.63) is 137 Å². The van der Waals surface area contributed by atoms with Crippen molar-refractivity contribution >= 4 is 46.7 Å². The molecule has 0 saturated heterocycles. The van der Waals surface area contributed by atoms with E-state index in [9.17, 15) is 9.59 Å². The smallest absolute Gasteiger partial charge is 0.359 e. The number of esters is 1. The molecule has 0 aliphatic rings. The monoisotopic (exact) mass is 599 g/mol. The second kappa shape index (κ2) is 14.2. The number of nitrogens with one attached hydrogen (secondary N) is 1. The molecule has 0 aromatic heterocycles. The third-order valence-corrected chi connectivity index (χ3v) is 10.6. The average molecular weight is 600 g/mol. The van der Waals surface area contributed by atoms with Crippen LogP contribution in [0, 0.1) is 10.2 Å². The molecule has 0 heterocycles. The third-order valence-electron chi connectivity index (χ3n) is 5.60. The van der Waals surface area contributed by atoms with Crippen LogP contribution >= 0.6 is 18.9 Å². The van der Waals surface area contributed by atoms with Crippen molar-refractivity contribution in [3.63, 3.8) is 0 Å². The van der Waals surface area contributed by atoms with Gasteiger partial charge >= 0.3 is 5.97 Å². The summed E-state index contributed by atoms with van der Waals surface area (Å²) in [5.74, 6) is -1.16. The highest BCUT2D eigenvalue weighted by Crippen LogP contribution is 2.64. The average Bonchev–Trinajstić information content (AvgIpc) is 2.97. The molecular weight excluding hydrogens is 576 g/mol. The van der Waals surface area contributed by atoms with E-state index in [-0.39, 0.29) is 10.5 Å². The zero-order valence-corrected chi connectivity index (χ0v) is 23.5. The van der Waals surface area contributed by atoms with E-state index < -0.39 is 29.4 Å². The number of rotatable bonds is 7. The number of hydrogen-bond donors (Lipinski definition) is 1. The van der Waals surface area contributed by atoms with E-state index in [1.807, 2.05) is 97.1 Å². The summed E-state index contributed by atoms with van der Waals surface area (Å²) in [7, 11) is -6.46. The number of carbonyl (C=O) groups excluding carboxylic acids is 2. The lowest BCUT2D eigenvalue weighted by Gasteiger charge is -2.27. The second-order valence-electron chi connectivity index (χ2n) is 8.03. The lowest BCUT2D eigenvalue weighted by Crippen LogP contribution is -2.68. The van der Waals surface area contributed by atoms with Crippen LogP contribution in [-0.4, -0.2) is 19.0 Å². The number of halogens is 2. The van der Waals surface area contributed by atoms with Crippen LogP contribution in [-0.2, 0) is 9.53 Å². The molecule has 8 nitrogen and oxygen atoms in total. The van der Waals surface area contributed by atoms with Crippen LogP contribution in [0.3, 0.4) is 0 Å². The van der Waals surface area contributed by atoms with Gasteiger partial charge in [-0.25, -0.2) is 23.4 Å². The van der Waals surface area contributed by atoms with Gasteiger partial charge in [0.15, 0.2) is 13.0 Å². The number of methoxy groups -OCH3 is 1. The van der Waals surface area contributed by atoms with E-state index in [0.717, 1.165) is 15.9 Å². The maximum absolute atomic E-state index is 13.1. The lowest BCUT2D eigenvalue weighted by molar-refractivity contribution is -2.00. The van der Waals surface area contributed by atoms with E-state index in [1.54, 1.807) is 24.3 Å². The van der Waals surface area contributed by atoms with E-state index in [4.69, 9.17) is 35.0 Å². The van der Waals surface area contributed by atoms with Crippen LogP contribution in [0.5, 0.6) is 0 Å². The zero-order chi connectivity index (χ0) is 29.2. The van der Waals surface area contributed by atoms with Gasteiger partial charge in [-0.1, -0.05) is 72.8 Å². The normalized spacial score (nSPS) is 11.8. The molecule has 4 rings (SSSR count). The van der Waals surface area contributed by atoms with Crippen molar-refractivity contribution in [2.75, 3.05) is 7.11 Å². The van der Waals surface area contributed by atoms with Crippen LogP contribution in [0.4, 0.5) is 0 Å². The lowest BCUT2D eigenvalue weighted by atomic mass is 10.2. The van der Waals surface area contributed by atoms with Gasteiger partial charge in [0.25, 0.3) is 5.91 Å². The quantitative estimate of drug-likeness (QED) is 0.182. The molecule has 0 radical (unpaired) electrons. The van der Waals surface area contributed by atoms with Gasteiger partial charge in [0.05, 0.1) is 7.11 Å². The summed E-state index contributed by atoms with van der Waals surface area (Å²) in [6, 6.07) is 38.2. The second-order valence-corrected chi connectivity index (χ2v) is 12.8. The SMILES string of the molecule is COC(=O)/C(NC(=O)c1ccccc1)=C(/Cl)[P+](c1ccccc1)(c1ccccc1)c1ccccc1.[O-][Cl+3]([O-])([O-])[O-]. The molecule has 0 saturated carbocycles. The van der Waals surface area contributed by atoms with Crippen LogP contribution in [0.15, 0.2) is 132 Å². The van der Waals surface area contributed by atoms with Gasteiger partial charge in [-0.15, -0.1) is 10.2 Å². The first-order valence-corrected chi connectivity index (χ1v) is 15.0. The first-order chi connectivity index (χ1) is 19.1. The Bertz CT molecular complexity index is 1330. The molecule has 0 spiro atoms. The van der Waals surface area contributed by atoms with Gasteiger partial charge < -0.3 is 10.1 Å². The van der Waals surface area contributed by atoms with Crippen molar-refractivity contribution in [3.8, 4) is 0 Å². The molecule has 0 aliphatic heterocycles. The summed E-state index contributed by atoms with van der Waals surface area (Å²) in [5, 5.41) is 5.59. The van der Waals surface area contributed by atoms with Crippen molar-refractivity contribution in [1.29, 1.82) is 0 Å². The van der Waals surface area contributed by atoms with E-state index in [2.05, 4.69) is 5.32 Å².